The first-order chi connectivity index (χ1) is 15.0. The van der Waals surface area contributed by atoms with Crippen molar-refractivity contribution in [3.63, 3.8) is 0 Å². The molecular weight excluding hydrogens is 392 g/mol. The maximum absolute atomic E-state index is 13.0. The molecule has 2 aromatic rings. The average molecular weight is 425 g/mol. The van der Waals surface area contributed by atoms with Crippen LogP contribution >= 0.6 is 0 Å². The van der Waals surface area contributed by atoms with Crippen LogP contribution in [0.15, 0.2) is 36.4 Å². The lowest BCUT2D eigenvalue weighted by Gasteiger charge is -2.36. The minimum Gasteiger partial charge on any atom is -0.496 e. The van der Waals surface area contributed by atoms with Crippen LogP contribution < -0.4 is 10.1 Å². The quantitative estimate of drug-likeness (QED) is 0.716. The average Bonchev–Trinajstić information content (AvgIpc) is 3.18. The van der Waals surface area contributed by atoms with Crippen LogP contribution in [0.4, 0.5) is 0 Å². The van der Waals surface area contributed by atoms with Crippen molar-refractivity contribution in [2.75, 3.05) is 20.3 Å². The van der Waals surface area contributed by atoms with E-state index >= 15 is 0 Å². The van der Waals surface area contributed by atoms with Gasteiger partial charge in [0.05, 0.1) is 19.8 Å². The highest BCUT2D eigenvalue weighted by Crippen LogP contribution is 2.35. The van der Waals surface area contributed by atoms with Gasteiger partial charge in [0.1, 0.15) is 5.75 Å². The number of piperidine rings is 1. The first-order valence-corrected chi connectivity index (χ1v) is 11.3. The highest BCUT2D eigenvalue weighted by Gasteiger charge is 2.39. The van der Waals surface area contributed by atoms with Gasteiger partial charge < -0.3 is 20.1 Å². The molecule has 2 saturated heterocycles. The smallest absolute Gasteiger partial charge is 0.222 e. The minimum absolute atomic E-state index is 0.0193. The number of nitrogens with one attached hydrogen (secondary N) is 1. The number of methoxy groups -OCH3 is 1. The number of carbonyl (C=O) groups excluding carboxylic acids is 2. The molecule has 0 bridgehead atoms. The molecule has 0 unspecified atom stereocenters. The molecule has 0 aromatic heterocycles. The second-order valence-corrected chi connectivity index (χ2v) is 8.90. The fourth-order valence-electron chi connectivity index (χ4n) is 5.22. The number of aliphatic hydroxyl groups is 1. The van der Waals surface area contributed by atoms with Gasteiger partial charge in [-0.3, -0.25) is 9.59 Å². The molecule has 0 radical (unpaired) electrons. The molecule has 4 rings (SSSR count). The number of likely N-dealkylation sites (tertiary alicyclic amines) is 1. The number of fused-ring (bicyclic) bond motifs is 1. The van der Waals surface area contributed by atoms with E-state index in [9.17, 15) is 14.7 Å². The van der Waals surface area contributed by atoms with Gasteiger partial charge in [-0.25, -0.2) is 0 Å². The lowest BCUT2D eigenvalue weighted by atomic mass is 9.83. The van der Waals surface area contributed by atoms with Crippen molar-refractivity contribution >= 4 is 22.6 Å². The third kappa shape index (κ3) is 4.54. The van der Waals surface area contributed by atoms with Gasteiger partial charge in [-0.2, -0.15) is 0 Å². The Morgan fingerprint density at radius 1 is 1.23 bits per heavy atom. The van der Waals surface area contributed by atoms with E-state index in [1.54, 1.807) is 7.11 Å². The summed E-state index contributed by atoms with van der Waals surface area (Å²) in [6.45, 7) is 0.734. The summed E-state index contributed by atoms with van der Waals surface area (Å²) in [5, 5.41) is 15.0. The van der Waals surface area contributed by atoms with E-state index in [1.165, 1.54) is 0 Å². The summed E-state index contributed by atoms with van der Waals surface area (Å²) in [5.41, 5.74) is 0.728. The first kappa shape index (κ1) is 21.6. The van der Waals surface area contributed by atoms with E-state index < -0.39 is 5.54 Å². The van der Waals surface area contributed by atoms with Gasteiger partial charge in [0, 0.05) is 30.3 Å². The normalized spacial score (nSPS) is 23.7. The van der Waals surface area contributed by atoms with Crippen LogP contribution in [0.25, 0.3) is 10.8 Å². The van der Waals surface area contributed by atoms with Gasteiger partial charge in [0.25, 0.3) is 0 Å². The Bertz CT molecular complexity index is 960. The van der Waals surface area contributed by atoms with Crippen LogP contribution in [0.5, 0.6) is 5.75 Å². The van der Waals surface area contributed by atoms with Gasteiger partial charge >= 0.3 is 0 Å². The third-order valence-corrected chi connectivity index (χ3v) is 6.93. The molecule has 6 heteroatoms. The summed E-state index contributed by atoms with van der Waals surface area (Å²) in [5.74, 6) is 0.967. The summed E-state index contributed by atoms with van der Waals surface area (Å²) in [4.78, 5) is 27.0. The molecule has 2 N–H and O–H groups in total. The van der Waals surface area contributed by atoms with Crippen molar-refractivity contribution in [1.29, 1.82) is 0 Å². The number of ether oxygens (including phenoxy) is 1. The Labute approximate surface area is 183 Å². The zero-order valence-corrected chi connectivity index (χ0v) is 18.2. The third-order valence-electron chi connectivity index (χ3n) is 6.93. The summed E-state index contributed by atoms with van der Waals surface area (Å²) in [6.07, 6.45) is 5.79. The van der Waals surface area contributed by atoms with Crippen molar-refractivity contribution in [3.05, 3.63) is 42.0 Å². The zero-order chi connectivity index (χ0) is 21.8. The number of rotatable bonds is 7. The number of carbonyl (C=O) groups is 2. The molecule has 31 heavy (non-hydrogen) atoms. The van der Waals surface area contributed by atoms with Gasteiger partial charge in [0.15, 0.2) is 0 Å². The molecular formula is C25H32N2O4. The predicted molar refractivity (Wildman–Crippen MR) is 120 cm³/mol. The number of aliphatic hydroxyl groups excluding tert-OH is 1. The van der Waals surface area contributed by atoms with Gasteiger partial charge in [-0.05, 0) is 55.5 Å². The first-order valence-electron chi connectivity index (χ1n) is 11.3. The molecule has 6 nitrogen and oxygen atoms in total. The number of benzene rings is 2. The number of amides is 2. The van der Waals surface area contributed by atoms with Crippen molar-refractivity contribution in [1.82, 2.24) is 10.2 Å². The molecule has 0 spiro atoms. The van der Waals surface area contributed by atoms with Gasteiger partial charge in [0.2, 0.25) is 11.8 Å². The number of nitrogens with zero attached hydrogens (tertiary/aromatic N) is 1. The van der Waals surface area contributed by atoms with Crippen molar-refractivity contribution in [2.24, 2.45) is 0 Å². The summed E-state index contributed by atoms with van der Waals surface area (Å²) >= 11 is 0. The summed E-state index contributed by atoms with van der Waals surface area (Å²) in [7, 11) is 1.67. The Balaban J connectivity index is 1.55. The molecule has 2 amide bonds. The Morgan fingerprint density at radius 3 is 2.74 bits per heavy atom. The second kappa shape index (κ2) is 9.27. The number of hydrogen-bond acceptors (Lipinski definition) is 4. The van der Waals surface area contributed by atoms with Crippen LogP contribution in [0.3, 0.4) is 0 Å². The van der Waals surface area contributed by atoms with Crippen molar-refractivity contribution < 1.29 is 19.4 Å². The maximum Gasteiger partial charge on any atom is 0.222 e. The summed E-state index contributed by atoms with van der Waals surface area (Å²) in [6, 6.07) is 12.1. The monoisotopic (exact) mass is 424 g/mol. The largest absolute Gasteiger partial charge is 0.496 e. The molecule has 2 heterocycles. The topological polar surface area (TPSA) is 78.9 Å². The fourth-order valence-corrected chi connectivity index (χ4v) is 5.22. The zero-order valence-electron chi connectivity index (χ0n) is 18.2. The van der Waals surface area contributed by atoms with Crippen molar-refractivity contribution in [3.8, 4) is 5.75 Å². The van der Waals surface area contributed by atoms with E-state index in [1.807, 2.05) is 29.2 Å². The van der Waals surface area contributed by atoms with Crippen LogP contribution in [-0.4, -0.2) is 53.7 Å². The Hall–Kier alpha value is -2.60. The molecule has 2 aromatic carbocycles. The summed E-state index contributed by atoms with van der Waals surface area (Å²) < 4.78 is 5.52. The van der Waals surface area contributed by atoms with Gasteiger partial charge in [-0.15, -0.1) is 0 Å². The highest BCUT2D eigenvalue weighted by molar-refractivity contribution is 5.91. The predicted octanol–water partition coefficient (Wildman–Crippen LogP) is 3.19. The molecule has 2 aliphatic rings. The van der Waals surface area contributed by atoms with E-state index in [4.69, 9.17) is 4.74 Å². The molecule has 2 aliphatic heterocycles. The Morgan fingerprint density at radius 2 is 2.03 bits per heavy atom. The van der Waals surface area contributed by atoms with E-state index in [2.05, 4.69) is 17.4 Å². The van der Waals surface area contributed by atoms with Gasteiger partial charge in [-0.1, -0.05) is 30.3 Å². The van der Waals surface area contributed by atoms with E-state index in [0.29, 0.717) is 32.2 Å². The van der Waals surface area contributed by atoms with Crippen molar-refractivity contribution in [2.45, 2.75) is 62.9 Å². The lowest BCUT2D eigenvalue weighted by molar-refractivity contribution is -0.136. The van der Waals surface area contributed by atoms with Crippen LogP contribution in [0, 0.1) is 0 Å². The van der Waals surface area contributed by atoms with Crippen LogP contribution in [0.1, 0.15) is 50.5 Å². The molecule has 0 saturated carbocycles. The standard InChI is InChI=1S/C25H32N2O4/c1-31-22-10-9-18(20-7-2-3-8-21(20)22)16-25(13-11-23(29)26-25)14-12-24(30)27-15-5-4-6-19(27)17-28/h2-3,7-10,19,28H,4-6,11-17H2,1H3,(H,26,29)/t19-,25-/m1/s1. The molecule has 0 aliphatic carbocycles. The van der Waals surface area contributed by atoms with E-state index in [-0.39, 0.29) is 24.5 Å². The SMILES string of the molecule is COc1ccc(C[C@]2(CCC(=O)N3CCCC[C@@H]3CO)CCC(=O)N2)c2ccccc12. The molecule has 2 fully saturated rings. The number of hydrogen-bond donors (Lipinski definition) is 2. The van der Waals surface area contributed by atoms with Crippen LogP contribution in [0.2, 0.25) is 0 Å². The Kier molecular flexibility index (Phi) is 6.46. The second-order valence-electron chi connectivity index (χ2n) is 8.90. The highest BCUT2D eigenvalue weighted by atomic mass is 16.5. The lowest BCUT2D eigenvalue weighted by Crippen LogP contribution is -2.48. The maximum atomic E-state index is 13.0. The van der Waals surface area contributed by atoms with E-state index in [0.717, 1.165) is 47.8 Å². The minimum atomic E-state index is -0.422. The van der Waals surface area contributed by atoms with Crippen LogP contribution in [-0.2, 0) is 16.0 Å². The fraction of sp³-hybridized carbons (Fsp3) is 0.520. The molecule has 2 atom stereocenters. The molecule has 166 valence electrons.